The van der Waals surface area contributed by atoms with E-state index in [2.05, 4.69) is 167 Å². The molecule has 0 aromatic heterocycles. The van der Waals surface area contributed by atoms with Gasteiger partial charge in [-0.15, -0.1) is 0 Å². The van der Waals surface area contributed by atoms with Crippen LogP contribution in [0.2, 0.25) is 0 Å². The van der Waals surface area contributed by atoms with E-state index in [-0.39, 0.29) is 38.0 Å². The lowest BCUT2D eigenvalue weighted by atomic mass is 10.1. The smallest absolute Gasteiger partial charge is 0.309 e. The Labute approximate surface area is 460 Å². The Bertz CT molecular complexity index is 1710. The Morgan fingerprint density at radius 2 is 0.573 bits per heavy atom. The molecule has 0 aromatic rings. The predicted octanol–water partition coefficient (Wildman–Crippen LogP) is 20.5. The van der Waals surface area contributed by atoms with Crippen molar-refractivity contribution < 1.29 is 28.6 Å². The number of unbranched alkanes of at least 4 members (excludes halogenated alkanes) is 16. The van der Waals surface area contributed by atoms with Crippen LogP contribution in [0.4, 0.5) is 0 Å². The Morgan fingerprint density at radius 1 is 0.293 bits per heavy atom. The van der Waals surface area contributed by atoms with E-state index in [1.807, 2.05) is 6.08 Å². The molecule has 0 saturated heterocycles. The van der Waals surface area contributed by atoms with Crippen LogP contribution in [0, 0.1) is 0 Å². The molecule has 0 rings (SSSR count). The molecular weight excluding hydrogens is 925 g/mol. The molecular formula is C69H108O6. The average Bonchev–Trinajstić information content (AvgIpc) is 3.41. The van der Waals surface area contributed by atoms with E-state index in [0.717, 1.165) is 122 Å². The lowest BCUT2D eigenvalue weighted by Crippen LogP contribution is -2.30. The first-order valence-electron chi connectivity index (χ1n) is 30.0. The molecule has 0 aliphatic carbocycles. The summed E-state index contributed by atoms with van der Waals surface area (Å²) in [6.07, 6.45) is 89.8. The van der Waals surface area contributed by atoms with Crippen LogP contribution in [0.1, 0.15) is 239 Å². The van der Waals surface area contributed by atoms with Crippen LogP contribution >= 0.6 is 0 Å². The highest BCUT2D eigenvalue weighted by molar-refractivity contribution is 5.72. The summed E-state index contributed by atoms with van der Waals surface area (Å²) in [5.74, 6) is -1.11. The Hall–Kier alpha value is -4.97. The molecule has 0 N–H and O–H groups in total. The summed E-state index contributed by atoms with van der Waals surface area (Å²) < 4.78 is 16.7. The number of ether oxygens (including phenoxy) is 3. The predicted molar refractivity (Wildman–Crippen MR) is 325 cm³/mol. The molecule has 0 aromatic carbocycles. The van der Waals surface area contributed by atoms with Crippen LogP contribution in [-0.4, -0.2) is 37.2 Å². The summed E-state index contributed by atoms with van der Waals surface area (Å²) in [7, 11) is 0. The van der Waals surface area contributed by atoms with Gasteiger partial charge >= 0.3 is 17.9 Å². The van der Waals surface area contributed by atoms with Gasteiger partial charge in [0, 0.05) is 12.8 Å². The van der Waals surface area contributed by atoms with E-state index in [0.29, 0.717) is 12.8 Å². The second kappa shape index (κ2) is 61.6. The van der Waals surface area contributed by atoms with Crippen LogP contribution in [0.15, 0.2) is 158 Å². The highest BCUT2D eigenvalue weighted by atomic mass is 16.6. The molecule has 0 radical (unpaired) electrons. The molecule has 0 fully saturated rings. The van der Waals surface area contributed by atoms with Crippen LogP contribution in [-0.2, 0) is 28.6 Å². The Balaban J connectivity index is 4.55. The average molecular weight is 1030 g/mol. The summed E-state index contributed by atoms with van der Waals surface area (Å²) in [6, 6.07) is 0. The van der Waals surface area contributed by atoms with Crippen LogP contribution in [0.5, 0.6) is 0 Å². The minimum atomic E-state index is -0.848. The number of hydrogen-bond acceptors (Lipinski definition) is 6. The zero-order valence-electron chi connectivity index (χ0n) is 48.0. The second-order valence-corrected chi connectivity index (χ2v) is 19.2. The Morgan fingerprint density at radius 3 is 0.947 bits per heavy atom. The van der Waals surface area contributed by atoms with E-state index in [1.54, 1.807) is 6.08 Å². The van der Waals surface area contributed by atoms with Crippen molar-refractivity contribution in [3.05, 3.63) is 158 Å². The lowest BCUT2D eigenvalue weighted by Gasteiger charge is -2.18. The first-order chi connectivity index (χ1) is 37.0. The van der Waals surface area contributed by atoms with Gasteiger partial charge in [0.05, 0.1) is 6.42 Å². The second-order valence-electron chi connectivity index (χ2n) is 19.2. The van der Waals surface area contributed by atoms with Crippen molar-refractivity contribution in [1.29, 1.82) is 0 Å². The molecule has 1 unspecified atom stereocenters. The van der Waals surface area contributed by atoms with E-state index in [4.69, 9.17) is 14.2 Å². The van der Waals surface area contributed by atoms with E-state index in [1.165, 1.54) is 70.6 Å². The summed E-state index contributed by atoms with van der Waals surface area (Å²) in [4.78, 5) is 38.2. The van der Waals surface area contributed by atoms with Crippen molar-refractivity contribution in [3.8, 4) is 0 Å². The van der Waals surface area contributed by atoms with Crippen molar-refractivity contribution in [1.82, 2.24) is 0 Å². The summed E-state index contributed by atoms with van der Waals surface area (Å²) in [6.45, 7) is 6.27. The first-order valence-corrected chi connectivity index (χ1v) is 30.0. The maximum absolute atomic E-state index is 12.9. The van der Waals surface area contributed by atoms with Gasteiger partial charge in [-0.3, -0.25) is 14.4 Å². The van der Waals surface area contributed by atoms with Crippen molar-refractivity contribution in [2.75, 3.05) is 13.2 Å². The minimum absolute atomic E-state index is 0.110. The highest BCUT2D eigenvalue weighted by Gasteiger charge is 2.19. The fourth-order valence-electron chi connectivity index (χ4n) is 7.61. The van der Waals surface area contributed by atoms with Gasteiger partial charge in [0.15, 0.2) is 6.10 Å². The zero-order valence-corrected chi connectivity index (χ0v) is 48.0. The Kier molecular flexibility index (Phi) is 57.5. The maximum atomic E-state index is 12.9. The normalized spacial score (nSPS) is 13.3. The highest BCUT2D eigenvalue weighted by Crippen LogP contribution is 2.13. The fraction of sp³-hybridized carbons (Fsp3) is 0.580. The number of allylic oxidation sites excluding steroid dienone is 25. The molecule has 420 valence electrons. The van der Waals surface area contributed by atoms with Crippen LogP contribution < -0.4 is 0 Å². The number of carbonyl (C=O) groups is 3. The zero-order chi connectivity index (χ0) is 54.3. The van der Waals surface area contributed by atoms with E-state index >= 15 is 0 Å². The molecule has 0 aliphatic heterocycles. The SMILES string of the molecule is CC/C=C\C/C=C\C/C=C\C/C=C\C/C=C\CCCCCC(=O)OC(COC(=O)C/C=C\C/C=C\C/C=C\C/C=C\C/C=C\CC)COC(=O)CCCCCCCCCC/C=C\C/C=C\C/C=C\CCCCCCC. The quantitative estimate of drug-likeness (QED) is 0.0261. The monoisotopic (exact) mass is 1030 g/mol. The van der Waals surface area contributed by atoms with Gasteiger partial charge in [0.1, 0.15) is 13.2 Å². The largest absolute Gasteiger partial charge is 0.462 e. The maximum Gasteiger partial charge on any atom is 0.309 e. The molecule has 0 bridgehead atoms. The molecule has 0 spiro atoms. The van der Waals surface area contributed by atoms with Gasteiger partial charge in [-0.1, -0.05) is 249 Å². The topological polar surface area (TPSA) is 78.9 Å². The number of carbonyl (C=O) groups excluding carboxylic acids is 3. The standard InChI is InChI=1S/C69H108O6/c1-4-7-10-13-16-19-22-25-28-30-32-33-34-35-37-38-41-44-47-50-53-56-59-62-68(71)74-65-66(64-73-67(70)61-58-55-52-49-46-43-40-27-24-21-18-15-12-9-6-3)75-69(72)63-60-57-54-51-48-45-42-39-36-31-29-26-23-20-17-14-11-8-5-2/h8-9,11-12,17-18,20-22,25-27,29-30,32,34-36,39-40,45-46,48-49,55,58,66H,4-7,10,13-16,19,23-24,28,31,33,37-38,41-44,47,50-54,56-57,59-65H2,1-3H3/b11-8-,12-9-,20-17-,21-18-,25-22-,29-26-,32-30-,35-34-,39-36-,40-27-,48-45-,49-46-,58-55-. The molecule has 0 aliphatic rings. The van der Waals surface area contributed by atoms with Crippen LogP contribution in [0.25, 0.3) is 0 Å². The van der Waals surface area contributed by atoms with Crippen molar-refractivity contribution >= 4 is 17.9 Å². The molecule has 75 heavy (non-hydrogen) atoms. The van der Waals surface area contributed by atoms with Crippen LogP contribution in [0.3, 0.4) is 0 Å². The van der Waals surface area contributed by atoms with E-state index in [9.17, 15) is 14.4 Å². The number of esters is 3. The summed E-state index contributed by atoms with van der Waals surface area (Å²) in [5.41, 5.74) is 0. The third-order valence-corrected chi connectivity index (χ3v) is 12.0. The summed E-state index contributed by atoms with van der Waals surface area (Å²) >= 11 is 0. The van der Waals surface area contributed by atoms with Gasteiger partial charge < -0.3 is 14.2 Å². The molecule has 6 heteroatoms. The molecule has 0 saturated carbocycles. The number of rotatable bonds is 52. The third-order valence-electron chi connectivity index (χ3n) is 12.0. The minimum Gasteiger partial charge on any atom is -0.462 e. The lowest BCUT2D eigenvalue weighted by molar-refractivity contribution is -0.166. The van der Waals surface area contributed by atoms with Gasteiger partial charge in [-0.25, -0.2) is 0 Å². The van der Waals surface area contributed by atoms with Crippen molar-refractivity contribution in [2.24, 2.45) is 0 Å². The molecule has 6 nitrogen and oxygen atoms in total. The van der Waals surface area contributed by atoms with Gasteiger partial charge in [-0.05, 0) is 128 Å². The van der Waals surface area contributed by atoms with Crippen molar-refractivity contribution in [2.45, 2.75) is 245 Å². The van der Waals surface area contributed by atoms with Crippen molar-refractivity contribution in [3.63, 3.8) is 0 Å². The molecule has 1 atom stereocenters. The van der Waals surface area contributed by atoms with E-state index < -0.39 is 12.1 Å². The third kappa shape index (κ3) is 59.8. The van der Waals surface area contributed by atoms with Gasteiger partial charge in [-0.2, -0.15) is 0 Å². The molecule has 0 heterocycles. The fourth-order valence-corrected chi connectivity index (χ4v) is 7.61. The van der Waals surface area contributed by atoms with Gasteiger partial charge in [0.2, 0.25) is 0 Å². The van der Waals surface area contributed by atoms with Gasteiger partial charge in [0.25, 0.3) is 0 Å². The first kappa shape index (κ1) is 70.0. The summed E-state index contributed by atoms with van der Waals surface area (Å²) in [5, 5.41) is 0. The molecule has 0 amide bonds. The number of hydrogen-bond donors (Lipinski definition) is 0.